The molecule has 1 aliphatic carbocycles. The fraction of sp³-hybridized carbons (Fsp3) is 0.467. The number of nitrogens with one attached hydrogen (secondary N) is 1. The van der Waals surface area contributed by atoms with Gasteiger partial charge in [0.05, 0.1) is 13.7 Å². The van der Waals surface area contributed by atoms with Crippen LogP contribution in [-0.2, 0) is 11.3 Å². The van der Waals surface area contributed by atoms with Crippen LogP contribution < -0.4 is 15.8 Å². The molecule has 0 aromatic heterocycles. The van der Waals surface area contributed by atoms with Gasteiger partial charge in [-0.15, -0.1) is 0 Å². The number of carbonyl (C=O) groups is 2. The van der Waals surface area contributed by atoms with Crippen molar-refractivity contribution < 1.29 is 14.3 Å². The van der Waals surface area contributed by atoms with E-state index in [1.807, 2.05) is 0 Å². The van der Waals surface area contributed by atoms with Crippen LogP contribution in [0.2, 0.25) is 0 Å². The van der Waals surface area contributed by atoms with Gasteiger partial charge in [0.15, 0.2) is 0 Å². The highest BCUT2D eigenvalue weighted by Gasteiger charge is 2.52. The van der Waals surface area contributed by atoms with Crippen molar-refractivity contribution in [2.75, 3.05) is 12.8 Å². The summed E-state index contributed by atoms with van der Waals surface area (Å²) in [6, 6.07) is 4.88. The topological polar surface area (TPSA) is 84.7 Å². The van der Waals surface area contributed by atoms with Crippen LogP contribution in [0.1, 0.15) is 31.2 Å². The second-order valence-corrected chi connectivity index (χ2v) is 5.68. The standard InChI is InChI=1S/C15H19N3O3/c1-21-12-5-4-11(16)8-10(12)9-18-13(19)15(17-14(18)20)6-2-3-7-15/h4-5,8H,2-3,6-7,9,16H2,1H3,(H,17,20). The number of hydrogen-bond donors (Lipinski definition) is 2. The third-order valence-electron chi connectivity index (χ3n) is 4.34. The molecule has 0 unspecified atom stereocenters. The first-order valence-corrected chi connectivity index (χ1v) is 7.12. The van der Waals surface area contributed by atoms with E-state index in [9.17, 15) is 9.59 Å². The van der Waals surface area contributed by atoms with E-state index in [-0.39, 0.29) is 18.5 Å². The van der Waals surface area contributed by atoms with Crippen LogP contribution >= 0.6 is 0 Å². The van der Waals surface area contributed by atoms with Gasteiger partial charge < -0.3 is 15.8 Å². The van der Waals surface area contributed by atoms with Gasteiger partial charge in [-0.2, -0.15) is 0 Å². The van der Waals surface area contributed by atoms with Crippen molar-refractivity contribution >= 4 is 17.6 Å². The van der Waals surface area contributed by atoms with Crippen LogP contribution in [0, 0.1) is 0 Å². The van der Waals surface area contributed by atoms with Gasteiger partial charge in [0, 0.05) is 11.3 Å². The molecule has 2 fully saturated rings. The van der Waals surface area contributed by atoms with Crippen LogP contribution in [0.25, 0.3) is 0 Å². The maximum absolute atomic E-state index is 12.6. The van der Waals surface area contributed by atoms with Crippen molar-refractivity contribution in [2.45, 2.75) is 37.8 Å². The molecule has 0 atom stereocenters. The molecule has 0 bridgehead atoms. The zero-order valence-corrected chi connectivity index (χ0v) is 12.0. The van der Waals surface area contributed by atoms with Gasteiger partial charge in [0.2, 0.25) is 0 Å². The molecular weight excluding hydrogens is 270 g/mol. The predicted octanol–water partition coefficient (Wildman–Crippen LogP) is 1.64. The molecule has 0 radical (unpaired) electrons. The summed E-state index contributed by atoms with van der Waals surface area (Å²) in [4.78, 5) is 26.0. The molecule has 6 nitrogen and oxygen atoms in total. The molecular formula is C15H19N3O3. The Bertz CT molecular complexity index is 594. The van der Waals surface area contributed by atoms with Gasteiger partial charge in [-0.1, -0.05) is 12.8 Å². The predicted molar refractivity (Wildman–Crippen MR) is 77.7 cm³/mol. The molecule has 21 heavy (non-hydrogen) atoms. The zero-order chi connectivity index (χ0) is 15.0. The molecule has 3 amide bonds. The SMILES string of the molecule is COc1ccc(N)cc1CN1C(=O)NC2(CCCC2)C1=O. The molecule has 1 saturated heterocycles. The maximum atomic E-state index is 12.6. The molecule has 1 aliphatic heterocycles. The summed E-state index contributed by atoms with van der Waals surface area (Å²) in [5, 5.41) is 2.87. The minimum absolute atomic E-state index is 0.130. The van der Waals surface area contributed by atoms with Gasteiger partial charge in [-0.05, 0) is 31.0 Å². The van der Waals surface area contributed by atoms with E-state index in [0.717, 1.165) is 31.2 Å². The number of urea groups is 1. The van der Waals surface area contributed by atoms with Gasteiger partial charge in [-0.3, -0.25) is 9.69 Å². The van der Waals surface area contributed by atoms with E-state index in [1.54, 1.807) is 25.3 Å². The number of ether oxygens (including phenoxy) is 1. The van der Waals surface area contributed by atoms with E-state index in [1.165, 1.54) is 4.90 Å². The molecule has 6 heteroatoms. The Kier molecular flexibility index (Phi) is 3.23. The van der Waals surface area contributed by atoms with Crippen molar-refractivity contribution in [3.63, 3.8) is 0 Å². The first kappa shape index (κ1) is 13.7. The summed E-state index contributed by atoms with van der Waals surface area (Å²) in [6.07, 6.45) is 3.40. The molecule has 1 aromatic carbocycles. The number of nitrogens with zero attached hydrogens (tertiary/aromatic N) is 1. The van der Waals surface area contributed by atoms with Gasteiger partial charge in [0.25, 0.3) is 5.91 Å². The Morgan fingerprint density at radius 1 is 1.33 bits per heavy atom. The highest BCUT2D eigenvalue weighted by molar-refractivity contribution is 6.07. The number of carbonyl (C=O) groups excluding carboxylic acids is 2. The largest absolute Gasteiger partial charge is 0.496 e. The monoisotopic (exact) mass is 289 g/mol. The Morgan fingerprint density at radius 3 is 2.71 bits per heavy atom. The molecule has 1 heterocycles. The van der Waals surface area contributed by atoms with Crippen molar-refractivity contribution in [1.82, 2.24) is 10.2 Å². The molecule has 1 aromatic rings. The number of amides is 3. The summed E-state index contributed by atoms with van der Waals surface area (Å²) >= 11 is 0. The number of nitrogen functional groups attached to an aromatic ring is 1. The van der Waals surface area contributed by atoms with E-state index in [2.05, 4.69) is 5.32 Å². The first-order chi connectivity index (χ1) is 10.1. The lowest BCUT2D eigenvalue weighted by Crippen LogP contribution is -2.44. The fourth-order valence-electron chi connectivity index (χ4n) is 3.23. The number of anilines is 1. The van der Waals surface area contributed by atoms with Crippen LogP contribution in [0.4, 0.5) is 10.5 Å². The molecule has 1 spiro atoms. The third kappa shape index (κ3) is 2.20. The number of methoxy groups -OCH3 is 1. The number of nitrogens with two attached hydrogens (primary N) is 1. The van der Waals surface area contributed by atoms with E-state index in [0.29, 0.717) is 11.4 Å². The quantitative estimate of drug-likeness (QED) is 0.654. The average molecular weight is 289 g/mol. The normalized spacial score (nSPS) is 20.1. The molecule has 3 N–H and O–H groups in total. The lowest BCUT2D eigenvalue weighted by molar-refractivity contribution is -0.131. The van der Waals surface area contributed by atoms with Crippen LogP contribution in [0.3, 0.4) is 0 Å². The smallest absolute Gasteiger partial charge is 0.325 e. The highest BCUT2D eigenvalue weighted by atomic mass is 16.5. The second kappa shape index (κ2) is 4.95. The fourth-order valence-corrected chi connectivity index (χ4v) is 3.23. The van der Waals surface area contributed by atoms with Crippen molar-refractivity contribution in [3.8, 4) is 5.75 Å². The number of benzene rings is 1. The summed E-state index contributed by atoms with van der Waals surface area (Å²) in [5.74, 6) is 0.492. The average Bonchev–Trinajstić information content (AvgIpc) is 3.01. The van der Waals surface area contributed by atoms with Gasteiger partial charge in [0.1, 0.15) is 11.3 Å². The van der Waals surface area contributed by atoms with Crippen LogP contribution in [0.15, 0.2) is 18.2 Å². The number of hydrogen-bond acceptors (Lipinski definition) is 4. The maximum Gasteiger partial charge on any atom is 0.325 e. The molecule has 3 rings (SSSR count). The molecule has 112 valence electrons. The Morgan fingerprint density at radius 2 is 2.05 bits per heavy atom. The first-order valence-electron chi connectivity index (χ1n) is 7.12. The Balaban J connectivity index is 1.86. The third-order valence-corrected chi connectivity index (χ3v) is 4.34. The van der Waals surface area contributed by atoms with E-state index < -0.39 is 5.54 Å². The van der Waals surface area contributed by atoms with Crippen LogP contribution in [-0.4, -0.2) is 29.5 Å². The Hall–Kier alpha value is -2.24. The summed E-state index contributed by atoms with van der Waals surface area (Å²) in [7, 11) is 1.55. The summed E-state index contributed by atoms with van der Waals surface area (Å²) in [5.41, 5.74) is 6.42. The van der Waals surface area contributed by atoms with Gasteiger partial charge >= 0.3 is 6.03 Å². The second-order valence-electron chi connectivity index (χ2n) is 5.68. The summed E-state index contributed by atoms with van der Waals surface area (Å²) in [6.45, 7) is 0.181. The number of imide groups is 1. The van der Waals surface area contributed by atoms with Crippen molar-refractivity contribution in [1.29, 1.82) is 0 Å². The minimum Gasteiger partial charge on any atom is -0.496 e. The van der Waals surface area contributed by atoms with Crippen molar-refractivity contribution in [2.24, 2.45) is 0 Å². The Labute approximate surface area is 123 Å². The number of rotatable bonds is 3. The molecule has 1 saturated carbocycles. The van der Waals surface area contributed by atoms with E-state index in [4.69, 9.17) is 10.5 Å². The lowest BCUT2D eigenvalue weighted by atomic mass is 9.98. The van der Waals surface area contributed by atoms with E-state index >= 15 is 0 Å². The highest BCUT2D eigenvalue weighted by Crippen LogP contribution is 2.36. The van der Waals surface area contributed by atoms with Crippen LogP contribution in [0.5, 0.6) is 5.75 Å². The van der Waals surface area contributed by atoms with Gasteiger partial charge in [-0.25, -0.2) is 4.79 Å². The van der Waals surface area contributed by atoms with Crippen molar-refractivity contribution in [3.05, 3.63) is 23.8 Å². The summed E-state index contributed by atoms with van der Waals surface area (Å²) < 4.78 is 5.27. The zero-order valence-electron chi connectivity index (χ0n) is 12.0. The lowest BCUT2D eigenvalue weighted by Gasteiger charge is -2.20. The molecule has 2 aliphatic rings. The minimum atomic E-state index is -0.676.